The third kappa shape index (κ3) is 6.39. The molecule has 0 fully saturated rings. The molecular weight excluding hydrogens is 340 g/mol. The van der Waals surface area contributed by atoms with Crippen LogP contribution < -0.4 is 5.32 Å². The van der Waals surface area contributed by atoms with Crippen LogP contribution in [0.5, 0.6) is 0 Å². The smallest absolute Gasteiger partial charge is 0.255 e. The second-order valence-corrected chi connectivity index (χ2v) is 5.02. The van der Waals surface area contributed by atoms with Crippen LogP contribution in [0, 0.1) is 13.8 Å². The number of aromatic nitrogens is 1. The molecule has 0 unspecified atom stereocenters. The molecule has 4 heteroatoms. The van der Waals surface area contributed by atoms with Crippen LogP contribution in [0.25, 0.3) is 0 Å². The van der Waals surface area contributed by atoms with Gasteiger partial charge in [-0.15, -0.1) is 0 Å². The predicted molar refractivity (Wildman–Crippen MR) is 98.5 cm³/mol. The molecule has 2 aromatic rings. The van der Waals surface area contributed by atoms with Crippen molar-refractivity contribution in [2.24, 2.45) is 0 Å². The Morgan fingerprint density at radius 3 is 2.09 bits per heavy atom. The van der Waals surface area contributed by atoms with Crippen molar-refractivity contribution < 1.29 is 4.79 Å². The molecule has 22 heavy (non-hydrogen) atoms. The highest BCUT2D eigenvalue weighted by Crippen LogP contribution is 2.16. The molecule has 0 saturated carbocycles. The summed E-state index contributed by atoms with van der Waals surface area (Å²) in [5.74, 6) is -0.128. The number of anilines is 1. The Morgan fingerprint density at radius 2 is 1.59 bits per heavy atom. The van der Waals surface area contributed by atoms with Crippen LogP contribution in [-0.4, -0.2) is 10.9 Å². The molecule has 0 aliphatic rings. The number of halogens is 1. The molecule has 3 nitrogen and oxygen atoms in total. The average Bonchev–Trinajstić information content (AvgIpc) is 2.54. The standard InChI is InChI=1S/C14H13BrN2O.2C2H6/c1-9-7-10(2)16-8-13(9)17-14(18)11-3-5-12(15)6-4-11;2*1-2/h3-8H,1-2H3,(H,17,18);2*1-2H3. The molecular formula is C18H25BrN2O. The Morgan fingerprint density at radius 1 is 1.05 bits per heavy atom. The van der Waals surface area contributed by atoms with Crippen molar-refractivity contribution in [3.05, 3.63) is 57.8 Å². The maximum Gasteiger partial charge on any atom is 0.255 e. The molecule has 0 bridgehead atoms. The first kappa shape index (κ1) is 20.3. The van der Waals surface area contributed by atoms with Gasteiger partial charge in [0.1, 0.15) is 0 Å². The van der Waals surface area contributed by atoms with Gasteiger partial charge in [0.2, 0.25) is 0 Å². The minimum Gasteiger partial charge on any atom is -0.320 e. The Hall–Kier alpha value is -1.68. The van der Waals surface area contributed by atoms with Crippen molar-refractivity contribution in [3.8, 4) is 0 Å². The van der Waals surface area contributed by atoms with E-state index in [2.05, 4.69) is 26.2 Å². The summed E-state index contributed by atoms with van der Waals surface area (Å²) in [6, 6.07) is 9.17. The van der Waals surface area contributed by atoms with Crippen LogP contribution in [0.3, 0.4) is 0 Å². The van der Waals surface area contributed by atoms with E-state index in [4.69, 9.17) is 0 Å². The number of nitrogens with one attached hydrogen (secondary N) is 1. The van der Waals surface area contributed by atoms with Crippen LogP contribution in [0.1, 0.15) is 49.3 Å². The maximum absolute atomic E-state index is 12.0. The second kappa shape index (κ2) is 11.0. The van der Waals surface area contributed by atoms with E-state index >= 15 is 0 Å². The fourth-order valence-electron chi connectivity index (χ4n) is 1.62. The third-order valence-corrected chi connectivity index (χ3v) is 3.13. The minimum atomic E-state index is -0.128. The summed E-state index contributed by atoms with van der Waals surface area (Å²) in [6.45, 7) is 11.9. The molecule has 1 aromatic carbocycles. The van der Waals surface area contributed by atoms with Gasteiger partial charge >= 0.3 is 0 Å². The van der Waals surface area contributed by atoms with Crippen molar-refractivity contribution >= 4 is 27.5 Å². The molecule has 1 aromatic heterocycles. The third-order valence-electron chi connectivity index (χ3n) is 2.60. The fourth-order valence-corrected chi connectivity index (χ4v) is 1.89. The summed E-state index contributed by atoms with van der Waals surface area (Å²) in [6.07, 6.45) is 1.68. The Bertz CT molecular complexity index is 580. The number of amides is 1. The van der Waals surface area contributed by atoms with E-state index in [1.807, 2.05) is 59.7 Å². The van der Waals surface area contributed by atoms with E-state index in [1.54, 1.807) is 18.3 Å². The van der Waals surface area contributed by atoms with Crippen molar-refractivity contribution in [1.82, 2.24) is 4.98 Å². The molecule has 1 heterocycles. The van der Waals surface area contributed by atoms with Crippen LogP contribution in [-0.2, 0) is 0 Å². The number of benzene rings is 1. The first-order valence-electron chi connectivity index (χ1n) is 7.56. The number of nitrogens with zero attached hydrogens (tertiary/aromatic N) is 1. The summed E-state index contributed by atoms with van der Waals surface area (Å²) in [7, 11) is 0. The van der Waals surface area contributed by atoms with Crippen molar-refractivity contribution in [2.75, 3.05) is 5.32 Å². The van der Waals surface area contributed by atoms with Gasteiger partial charge in [-0.1, -0.05) is 43.6 Å². The fraction of sp³-hybridized carbons (Fsp3) is 0.333. The summed E-state index contributed by atoms with van der Waals surface area (Å²) >= 11 is 3.34. The minimum absolute atomic E-state index is 0.128. The van der Waals surface area contributed by atoms with E-state index < -0.39 is 0 Å². The lowest BCUT2D eigenvalue weighted by atomic mass is 10.2. The van der Waals surface area contributed by atoms with E-state index in [1.165, 1.54) is 0 Å². The SMILES string of the molecule is CC.CC.Cc1cc(C)c(NC(=O)c2ccc(Br)cc2)cn1. The summed E-state index contributed by atoms with van der Waals surface area (Å²) in [4.78, 5) is 16.2. The predicted octanol–water partition coefficient (Wildman–Crippen LogP) is 5.77. The lowest BCUT2D eigenvalue weighted by molar-refractivity contribution is 0.102. The molecule has 0 spiro atoms. The van der Waals surface area contributed by atoms with Gasteiger partial charge in [-0.05, 0) is 49.7 Å². The van der Waals surface area contributed by atoms with Gasteiger partial charge in [-0.25, -0.2) is 0 Å². The van der Waals surface area contributed by atoms with Gasteiger partial charge in [0.15, 0.2) is 0 Å². The van der Waals surface area contributed by atoms with Gasteiger partial charge in [0, 0.05) is 15.7 Å². The zero-order chi connectivity index (χ0) is 17.1. The lowest BCUT2D eigenvalue weighted by Crippen LogP contribution is -2.13. The summed E-state index contributed by atoms with van der Waals surface area (Å²) in [5.41, 5.74) is 3.31. The second-order valence-electron chi connectivity index (χ2n) is 4.10. The lowest BCUT2D eigenvalue weighted by Gasteiger charge is -2.08. The van der Waals surface area contributed by atoms with Gasteiger partial charge in [-0.2, -0.15) is 0 Å². The highest BCUT2D eigenvalue weighted by Gasteiger charge is 2.07. The monoisotopic (exact) mass is 364 g/mol. The van der Waals surface area contributed by atoms with E-state index in [0.29, 0.717) is 5.56 Å². The topological polar surface area (TPSA) is 42.0 Å². The summed E-state index contributed by atoms with van der Waals surface area (Å²) in [5, 5.41) is 2.86. The Labute approximate surface area is 142 Å². The zero-order valence-corrected chi connectivity index (χ0v) is 15.8. The first-order valence-corrected chi connectivity index (χ1v) is 8.36. The Balaban J connectivity index is 0.00000102. The molecule has 120 valence electrons. The molecule has 0 saturated heterocycles. The number of pyridine rings is 1. The molecule has 0 aliphatic heterocycles. The van der Waals surface area contributed by atoms with Crippen molar-refractivity contribution in [1.29, 1.82) is 0 Å². The molecule has 1 amide bonds. The number of carbonyl (C=O) groups excluding carboxylic acids is 1. The van der Waals surface area contributed by atoms with E-state index in [-0.39, 0.29) is 5.91 Å². The molecule has 2 rings (SSSR count). The number of aryl methyl sites for hydroxylation is 2. The highest BCUT2D eigenvalue weighted by molar-refractivity contribution is 9.10. The summed E-state index contributed by atoms with van der Waals surface area (Å²) < 4.78 is 0.951. The zero-order valence-electron chi connectivity index (χ0n) is 14.2. The highest BCUT2D eigenvalue weighted by atomic mass is 79.9. The van der Waals surface area contributed by atoms with Crippen LogP contribution in [0.15, 0.2) is 41.0 Å². The van der Waals surface area contributed by atoms with Gasteiger partial charge < -0.3 is 5.32 Å². The quantitative estimate of drug-likeness (QED) is 0.735. The number of rotatable bonds is 2. The average molecular weight is 365 g/mol. The van der Waals surface area contributed by atoms with Crippen molar-refractivity contribution in [3.63, 3.8) is 0 Å². The van der Waals surface area contributed by atoms with Crippen molar-refractivity contribution in [2.45, 2.75) is 41.5 Å². The number of hydrogen-bond donors (Lipinski definition) is 1. The van der Waals surface area contributed by atoms with Crippen LogP contribution in [0.2, 0.25) is 0 Å². The van der Waals surface area contributed by atoms with Gasteiger partial charge in [-0.3, -0.25) is 9.78 Å². The van der Waals surface area contributed by atoms with Crippen LogP contribution in [0.4, 0.5) is 5.69 Å². The normalized spacial score (nSPS) is 8.86. The molecule has 0 radical (unpaired) electrons. The first-order chi connectivity index (χ1) is 10.6. The number of hydrogen-bond acceptors (Lipinski definition) is 2. The van der Waals surface area contributed by atoms with Crippen LogP contribution >= 0.6 is 15.9 Å². The Kier molecular flexibility index (Phi) is 10.1. The van der Waals surface area contributed by atoms with E-state index in [9.17, 15) is 4.79 Å². The largest absolute Gasteiger partial charge is 0.320 e. The van der Waals surface area contributed by atoms with E-state index in [0.717, 1.165) is 21.4 Å². The maximum atomic E-state index is 12.0. The van der Waals surface area contributed by atoms with Gasteiger partial charge in [0.05, 0.1) is 11.9 Å². The molecule has 0 aliphatic carbocycles. The van der Waals surface area contributed by atoms with Gasteiger partial charge in [0.25, 0.3) is 5.91 Å². The number of carbonyl (C=O) groups is 1. The molecule has 1 N–H and O–H groups in total. The molecule has 0 atom stereocenters.